The molecule has 17 heavy (non-hydrogen) atoms. The van der Waals surface area contributed by atoms with E-state index in [1.165, 1.54) is 19.3 Å². The minimum atomic E-state index is -0.297. The van der Waals surface area contributed by atoms with Crippen molar-refractivity contribution in [1.29, 1.82) is 0 Å². The fourth-order valence-corrected chi connectivity index (χ4v) is 2.40. The van der Waals surface area contributed by atoms with Gasteiger partial charge in [0.2, 0.25) is 0 Å². The molecule has 0 unspecified atom stereocenters. The highest BCUT2D eigenvalue weighted by atomic mass is 16.6. The van der Waals surface area contributed by atoms with Crippen LogP contribution in [-0.2, 0) is 6.54 Å². The Kier molecular flexibility index (Phi) is 3.74. The second-order valence-electron chi connectivity index (χ2n) is 4.66. The molecule has 0 amide bonds. The number of nitro groups is 1. The van der Waals surface area contributed by atoms with Gasteiger partial charge in [-0.3, -0.25) is 15.0 Å². The lowest BCUT2D eigenvalue weighted by Gasteiger charge is -2.26. The molecule has 1 fully saturated rings. The van der Waals surface area contributed by atoms with Gasteiger partial charge in [0.1, 0.15) is 0 Å². The smallest absolute Gasteiger partial charge is 0.272 e. The zero-order chi connectivity index (χ0) is 12.3. The van der Waals surface area contributed by atoms with Crippen LogP contribution in [0.15, 0.2) is 18.2 Å². The molecule has 1 aliphatic heterocycles. The Bertz CT molecular complexity index is 412. The number of likely N-dealkylation sites (tertiary alicyclic amines) is 1. The SMILES string of the molecule is Cc1c(CN2CCCCC2)cccc1[N+](=O)[O-]. The first kappa shape index (κ1) is 12.0. The summed E-state index contributed by atoms with van der Waals surface area (Å²) >= 11 is 0. The minimum absolute atomic E-state index is 0.236. The summed E-state index contributed by atoms with van der Waals surface area (Å²) in [6.07, 6.45) is 3.80. The Labute approximate surface area is 101 Å². The lowest BCUT2D eigenvalue weighted by Crippen LogP contribution is -2.29. The maximum absolute atomic E-state index is 10.9. The van der Waals surface area contributed by atoms with E-state index in [4.69, 9.17) is 0 Å². The average molecular weight is 234 g/mol. The molecule has 0 N–H and O–H groups in total. The summed E-state index contributed by atoms with van der Waals surface area (Å²) in [7, 11) is 0. The van der Waals surface area contributed by atoms with Crippen LogP contribution in [0.4, 0.5) is 5.69 Å². The summed E-state index contributed by atoms with van der Waals surface area (Å²) in [5.41, 5.74) is 2.13. The quantitative estimate of drug-likeness (QED) is 0.596. The Hall–Kier alpha value is -1.42. The lowest BCUT2D eigenvalue weighted by molar-refractivity contribution is -0.385. The van der Waals surface area contributed by atoms with Crippen LogP contribution in [0.3, 0.4) is 0 Å². The fourth-order valence-electron chi connectivity index (χ4n) is 2.40. The number of rotatable bonds is 3. The van der Waals surface area contributed by atoms with Gasteiger partial charge in [-0.25, -0.2) is 0 Å². The van der Waals surface area contributed by atoms with Gasteiger partial charge in [-0.1, -0.05) is 18.6 Å². The summed E-state index contributed by atoms with van der Waals surface area (Å²) in [5.74, 6) is 0. The zero-order valence-corrected chi connectivity index (χ0v) is 10.2. The van der Waals surface area contributed by atoms with E-state index in [9.17, 15) is 10.1 Å². The number of hydrogen-bond acceptors (Lipinski definition) is 3. The molecule has 0 spiro atoms. The van der Waals surface area contributed by atoms with Crippen molar-refractivity contribution >= 4 is 5.69 Å². The van der Waals surface area contributed by atoms with Crippen molar-refractivity contribution < 1.29 is 4.92 Å². The molecule has 4 nitrogen and oxygen atoms in total. The molecule has 2 rings (SSSR count). The average Bonchev–Trinajstić information content (AvgIpc) is 2.33. The molecule has 4 heteroatoms. The first-order valence-corrected chi connectivity index (χ1v) is 6.14. The molecule has 1 aromatic rings. The highest BCUT2D eigenvalue weighted by molar-refractivity contribution is 5.44. The molecule has 92 valence electrons. The predicted octanol–water partition coefficient (Wildman–Crippen LogP) is 2.89. The van der Waals surface area contributed by atoms with Crippen LogP contribution in [0.1, 0.15) is 30.4 Å². The van der Waals surface area contributed by atoms with E-state index in [2.05, 4.69) is 4.90 Å². The Morgan fingerprint density at radius 1 is 1.29 bits per heavy atom. The van der Waals surface area contributed by atoms with Gasteiger partial charge in [-0.15, -0.1) is 0 Å². The Balaban J connectivity index is 2.15. The second kappa shape index (κ2) is 5.27. The van der Waals surface area contributed by atoms with Crippen molar-refractivity contribution in [3.05, 3.63) is 39.4 Å². The molecule has 1 aliphatic rings. The van der Waals surface area contributed by atoms with Crippen LogP contribution in [-0.4, -0.2) is 22.9 Å². The van der Waals surface area contributed by atoms with E-state index in [1.807, 2.05) is 13.0 Å². The molecule has 0 radical (unpaired) electrons. The molecule has 1 saturated heterocycles. The van der Waals surface area contributed by atoms with Crippen LogP contribution in [0.25, 0.3) is 0 Å². The van der Waals surface area contributed by atoms with Gasteiger partial charge in [-0.2, -0.15) is 0 Å². The normalized spacial score (nSPS) is 17.0. The number of nitrogens with zero attached hydrogens (tertiary/aromatic N) is 2. The molecule has 0 saturated carbocycles. The van der Waals surface area contributed by atoms with Gasteiger partial charge in [0, 0.05) is 18.2 Å². The third-order valence-electron chi connectivity index (χ3n) is 3.46. The highest BCUT2D eigenvalue weighted by Gasteiger charge is 2.16. The van der Waals surface area contributed by atoms with Gasteiger partial charge in [0.15, 0.2) is 0 Å². The van der Waals surface area contributed by atoms with Crippen LogP contribution >= 0.6 is 0 Å². The van der Waals surface area contributed by atoms with Gasteiger partial charge in [0.25, 0.3) is 5.69 Å². The molecule has 0 atom stereocenters. The number of nitro benzene ring substituents is 1. The molecular formula is C13H18N2O2. The van der Waals surface area contributed by atoms with Crippen LogP contribution < -0.4 is 0 Å². The Morgan fingerprint density at radius 3 is 2.65 bits per heavy atom. The minimum Gasteiger partial charge on any atom is -0.299 e. The van der Waals surface area contributed by atoms with Crippen LogP contribution in [0, 0.1) is 17.0 Å². The van der Waals surface area contributed by atoms with Crippen molar-refractivity contribution in [2.45, 2.75) is 32.7 Å². The number of hydrogen-bond donors (Lipinski definition) is 0. The summed E-state index contributed by atoms with van der Waals surface area (Å²) in [4.78, 5) is 12.9. The van der Waals surface area contributed by atoms with Crippen LogP contribution in [0.2, 0.25) is 0 Å². The van der Waals surface area contributed by atoms with Gasteiger partial charge in [-0.05, 0) is 38.4 Å². The monoisotopic (exact) mass is 234 g/mol. The van der Waals surface area contributed by atoms with E-state index in [1.54, 1.807) is 12.1 Å². The van der Waals surface area contributed by atoms with Crippen molar-refractivity contribution in [1.82, 2.24) is 4.90 Å². The molecule has 1 aromatic carbocycles. The summed E-state index contributed by atoms with van der Waals surface area (Å²) in [6.45, 7) is 4.91. The Morgan fingerprint density at radius 2 is 2.00 bits per heavy atom. The van der Waals surface area contributed by atoms with E-state index < -0.39 is 0 Å². The summed E-state index contributed by atoms with van der Waals surface area (Å²) in [6, 6.07) is 5.36. The van der Waals surface area contributed by atoms with Gasteiger partial charge < -0.3 is 0 Å². The molecule has 0 aromatic heterocycles. The van der Waals surface area contributed by atoms with Crippen molar-refractivity contribution in [3.8, 4) is 0 Å². The largest absolute Gasteiger partial charge is 0.299 e. The maximum Gasteiger partial charge on any atom is 0.272 e. The summed E-state index contributed by atoms with van der Waals surface area (Å²) in [5, 5.41) is 10.9. The lowest BCUT2D eigenvalue weighted by atomic mass is 10.0. The van der Waals surface area contributed by atoms with Crippen LogP contribution in [0.5, 0.6) is 0 Å². The van der Waals surface area contributed by atoms with Crippen molar-refractivity contribution in [3.63, 3.8) is 0 Å². The first-order chi connectivity index (χ1) is 8.18. The third-order valence-corrected chi connectivity index (χ3v) is 3.46. The van der Waals surface area contributed by atoms with E-state index in [0.29, 0.717) is 0 Å². The molecule has 0 bridgehead atoms. The topological polar surface area (TPSA) is 46.4 Å². The third kappa shape index (κ3) is 2.82. The van der Waals surface area contributed by atoms with E-state index in [0.717, 1.165) is 30.8 Å². The number of benzene rings is 1. The van der Waals surface area contributed by atoms with Gasteiger partial charge in [0.05, 0.1) is 4.92 Å². The zero-order valence-electron chi connectivity index (χ0n) is 10.2. The summed E-state index contributed by atoms with van der Waals surface area (Å²) < 4.78 is 0. The highest BCUT2D eigenvalue weighted by Crippen LogP contribution is 2.23. The molecule has 1 heterocycles. The van der Waals surface area contributed by atoms with Crippen molar-refractivity contribution in [2.75, 3.05) is 13.1 Å². The fraction of sp³-hybridized carbons (Fsp3) is 0.538. The van der Waals surface area contributed by atoms with Gasteiger partial charge >= 0.3 is 0 Å². The maximum atomic E-state index is 10.9. The van der Waals surface area contributed by atoms with E-state index >= 15 is 0 Å². The van der Waals surface area contributed by atoms with E-state index in [-0.39, 0.29) is 10.6 Å². The predicted molar refractivity (Wildman–Crippen MR) is 67.0 cm³/mol. The second-order valence-corrected chi connectivity index (χ2v) is 4.66. The molecule has 0 aliphatic carbocycles. The van der Waals surface area contributed by atoms with Crippen molar-refractivity contribution in [2.24, 2.45) is 0 Å². The number of piperidine rings is 1. The molecular weight excluding hydrogens is 216 g/mol. The first-order valence-electron chi connectivity index (χ1n) is 6.14. The standard InChI is InChI=1S/C13H18N2O2/c1-11-12(6-5-7-13(11)15(16)17)10-14-8-3-2-4-9-14/h5-7H,2-4,8-10H2,1H3.